The Kier molecular flexibility index (Phi) is 6.75. The van der Waals surface area contributed by atoms with Crippen LogP contribution in [0.25, 0.3) is 0 Å². The number of carboxylic acid groups (broad SMARTS) is 1. The van der Waals surface area contributed by atoms with E-state index in [9.17, 15) is 24.9 Å². The Morgan fingerprint density at radius 1 is 0.875 bits per heavy atom. The molecule has 0 aromatic heterocycles. The summed E-state index contributed by atoms with van der Waals surface area (Å²) in [6.07, 6.45) is 0. The lowest BCUT2D eigenvalue weighted by atomic mass is 10.0. The molecule has 7 nitrogen and oxygen atoms in total. The van der Waals surface area contributed by atoms with Crippen molar-refractivity contribution in [3.63, 3.8) is 0 Å². The number of carbonyl (C=O) groups is 2. The monoisotopic (exact) mass is 396 g/mol. The molecule has 0 aliphatic rings. The van der Waals surface area contributed by atoms with E-state index < -0.39 is 24.0 Å². The number of carboxylic acids is 1. The van der Waals surface area contributed by atoms with Gasteiger partial charge >= 0.3 is 5.97 Å². The van der Waals surface area contributed by atoms with Gasteiger partial charge in [0.1, 0.15) is 17.5 Å². The average molecular weight is 397 g/mol. The average Bonchev–Trinajstić information content (AvgIpc) is 2.53. The molecule has 24 heavy (non-hydrogen) atoms. The van der Waals surface area contributed by atoms with Crippen LogP contribution in [0.2, 0.25) is 0 Å². The first-order chi connectivity index (χ1) is 10.9. The maximum atomic E-state index is 12.2. The van der Waals surface area contributed by atoms with Crippen LogP contribution in [0.1, 0.15) is 23.2 Å². The van der Waals surface area contributed by atoms with Gasteiger partial charge in [0.25, 0.3) is 0 Å². The molecule has 0 spiro atoms. The van der Waals surface area contributed by atoms with Gasteiger partial charge in [0.15, 0.2) is 6.04 Å². The lowest BCUT2D eigenvalue weighted by molar-refractivity contribution is -0.142. The number of phenols is 2. The van der Waals surface area contributed by atoms with Crippen molar-refractivity contribution in [3.8, 4) is 11.5 Å². The van der Waals surface area contributed by atoms with Crippen LogP contribution in [0.5, 0.6) is 11.5 Å². The predicted molar refractivity (Wildman–Crippen MR) is 92.0 cm³/mol. The number of aromatic hydroxyl groups is 2. The van der Waals surface area contributed by atoms with Crippen LogP contribution in [0.3, 0.4) is 0 Å². The van der Waals surface area contributed by atoms with Gasteiger partial charge in [-0.05, 0) is 35.4 Å². The number of benzene rings is 2. The van der Waals surface area contributed by atoms with Gasteiger partial charge in [0.05, 0.1) is 0 Å². The van der Waals surface area contributed by atoms with E-state index in [1.165, 1.54) is 48.5 Å². The van der Waals surface area contributed by atoms with Crippen LogP contribution < -0.4 is 11.1 Å². The van der Waals surface area contributed by atoms with Crippen LogP contribution in [0, 0.1) is 0 Å². The molecule has 0 aliphatic carbocycles. The van der Waals surface area contributed by atoms with Crippen LogP contribution in [0.15, 0.2) is 48.5 Å². The molecule has 0 saturated carbocycles. The van der Waals surface area contributed by atoms with E-state index in [4.69, 9.17) is 5.73 Å². The van der Waals surface area contributed by atoms with Gasteiger partial charge in [0.2, 0.25) is 5.91 Å². The molecule has 2 aromatic rings. The summed E-state index contributed by atoms with van der Waals surface area (Å²) in [7, 11) is 0. The second-order valence-corrected chi connectivity index (χ2v) is 4.94. The first-order valence-electron chi connectivity index (χ1n) is 6.75. The lowest BCUT2D eigenvalue weighted by Gasteiger charge is -2.18. The molecule has 8 heteroatoms. The van der Waals surface area contributed by atoms with Crippen molar-refractivity contribution in [2.75, 3.05) is 0 Å². The fraction of sp³-hybridized carbons (Fsp3) is 0.125. The molecule has 0 bridgehead atoms. The number of rotatable bonds is 5. The molecular weight excluding hydrogens is 380 g/mol. The minimum Gasteiger partial charge on any atom is -0.508 e. The van der Waals surface area contributed by atoms with Gasteiger partial charge in [-0.25, -0.2) is 4.79 Å². The van der Waals surface area contributed by atoms with Crippen molar-refractivity contribution in [1.29, 1.82) is 0 Å². The molecule has 2 aromatic carbocycles. The molecule has 2 unspecified atom stereocenters. The smallest absolute Gasteiger partial charge is 0.330 e. The van der Waals surface area contributed by atoms with E-state index in [0.29, 0.717) is 11.1 Å². The first-order valence-corrected chi connectivity index (χ1v) is 6.75. The van der Waals surface area contributed by atoms with Crippen LogP contribution in [0.4, 0.5) is 0 Å². The van der Waals surface area contributed by atoms with Crippen molar-refractivity contribution in [1.82, 2.24) is 5.32 Å². The standard InChI is InChI=1S/C16H16N2O5.BrH/c17-13(9-1-5-11(19)6-2-9)15(21)18-14(16(22)23)10-3-7-12(20)8-4-10;/h1-8,13-14,19-20H,17H2,(H,18,21)(H,22,23);1H. The SMILES string of the molecule is Br.NC(C(=O)NC(C(=O)O)c1ccc(O)cc1)c1ccc(O)cc1. The van der Waals surface area contributed by atoms with E-state index >= 15 is 0 Å². The number of nitrogens with one attached hydrogen (secondary N) is 1. The van der Waals surface area contributed by atoms with Crippen LogP contribution in [-0.2, 0) is 9.59 Å². The Morgan fingerprint density at radius 3 is 1.71 bits per heavy atom. The normalized spacial score (nSPS) is 12.5. The molecule has 128 valence electrons. The molecule has 0 heterocycles. The summed E-state index contributed by atoms with van der Waals surface area (Å²) in [5.74, 6) is -1.89. The number of hydrogen-bond donors (Lipinski definition) is 5. The summed E-state index contributed by atoms with van der Waals surface area (Å²) in [5, 5.41) is 30.1. The maximum Gasteiger partial charge on any atom is 0.330 e. The summed E-state index contributed by atoms with van der Waals surface area (Å²) < 4.78 is 0. The fourth-order valence-corrected chi connectivity index (χ4v) is 2.02. The Bertz CT molecular complexity index is 703. The van der Waals surface area contributed by atoms with Gasteiger partial charge in [-0.3, -0.25) is 4.79 Å². The number of carbonyl (C=O) groups excluding carboxylic acids is 1. The van der Waals surface area contributed by atoms with Crippen LogP contribution >= 0.6 is 17.0 Å². The molecule has 0 fully saturated rings. The van der Waals surface area contributed by atoms with Gasteiger partial charge in [-0.15, -0.1) is 17.0 Å². The third kappa shape index (κ3) is 4.71. The number of hydrogen-bond acceptors (Lipinski definition) is 5. The van der Waals surface area contributed by atoms with Gasteiger partial charge < -0.3 is 26.4 Å². The van der Waals surface area contributed by atoms with E-state index in [0.717, 1.165) is 0 Å². The number of nitrogens with two attached hydrogens (primary N) is 1. The van der Waals surface area contributed by atoms with Gasteiger partial charge in [-0.2, -0.15) is 0 Å². The molecule has 0 saturated heterocycles. The predicted octanol–water partition coefficient (Wildman–Crippen LogP) is 1.62. The zero-order valence-electron chi connectivity index (χ0n) is 12.4. The Hall–Kier alpha value is -2.58. The number of phenolic OH excluding ortho intramolecular Hbond substituents is 2. The summed E-state index contributed by atoms with van der Waals surface area (Å²) in [6.45, 7) is 0. The summed E-state index contributed by atoms with van der Waals surface area (Å²) in [6, 6.07) is 8.84. The highest BCUT2D eigenvalue weighted by Gasteiger charge is 2.25. The highest BCUT2D eigenvalue weighted by molar-refractivity contribution is 8.93. The van der Waals surface area contributed by atoms with Gasteiger partial charge in [0, 0.05) is 0 Å². The highest BCUT2D eigenvalue weighted by atomic mass is 79.9. The van der Waals surface area contributed by atoms with E-state index in [-0.39, 0.29) is 28.5 Å². The Labute approximate surface area is 148 Å². The minimum atomic E-state index is -1.29. The third-order valence-corrected chi connectivity index (χ3v) is 3.29. The lowest BCUT2D eigenvalue weighted by Crippen LogP contribution is -2.39. The van der Waals surface area contributed by atoms with Gasteiger partial charge in [-0.1, -0.05) is 24.3 Å². The number of amides is 1. The van der Waals surface area contributed by atoms with Crippen LogP contribution in [-0.4, -0.2) is 27.2 Å². The van der Waals surface area contributed by atoms with Crippen molar-refractivity contribution in [2.45, 2.75) is 12.1 Å². The summed E-state index contributed by atoms with van der Waals surface area (Å²) >= 11 is 0. The van der Waals surface area contributed by atoms with E-state index in [1.54, 1.807) is 0 Å². The first kappa shape index (κ1) is 19.5. The minimum absolute atomic E-state index is 0. The topological polar surface area (TPSA) is 133 Å². The highest BCUT2D eigenvalue weighted by Crippen LogP contribution is 2.20. The van der Waals surface area contributed by atoms with Crippen molar-refractivity contribution < 1.29 is 24.9 Å². The molecule has 0 aliphatic heterocycles. The second-order valence-electron chi connectivity index (χ2n) is 4.94. The van der Waals surface area contributed by atoms with Crippen molar-refractivity contribution in [2.24, 2.45) is 5.73 Å². The third-order valence-electron chi connectivity index (χ3n) is 3.29. The summed E-state index contributed by atoms with van der Waals surface area (Å²) in [4.78, 5) is 23.5. The molecule has 1 amide bonds. The Morgan fingerprint density at radius 2 is 1.29 bits per heavy atom. The zero-order chi connectivity index (χ0) is 17.0. The van der Waals surface area contributed by atoms with E-state index in [1.807, 2.05) is 0 Å². The molecular formula is C16H17BrN2O5. The molecule has 6 N–H and O–H groups in total. The van der Waals surface area contributed by atoms with E-state index in [2.05, 4.69) is 5.32 Å². The zero-order valence-corrected chi connectivity index (χ0v) is 14.1. The molecule has 2 atom stereocenters. The Balaban J connectivity index is 0.00000288. The number of halogens is 1. The largest absolute Gasteiger partial charge is 0.508 e. The quantitative estimate of drug-likeness (QED) is 0.521. The maximum absolute atomic E-state index is 12.2. The fourth-order valence-electron chi connectivity index (χ4n) is 2.02. The molecule has 2 rings (SSSR count). The second kappa shape index (κ2) is 8.32. The number of aliphatic carboxylic acids is 1. The van der Waals surface area contributed by atoms with Crippen molar-refractivity contribution in [3.05, 3.63) is 59.7 Å². The molecule has 0 radical (unpaired) electrons. The summed E-state index contributed by atoms with van der Waals surface area (Å²) in [5.41, 5.74) is 6.56. The van der Waals surface area contributed by atoms with Crippen molar-refractivity contribution >= 4 is 28.9 Å².